The Morgan fingerprint density at radius 1 is 1.17 bits per heavy atom. The largest absolute Gasteiger partial charge is 0.354 e. The minimum Gasteiger partial charge on any atom is -0.354 e. The van der Waals surface area contributed by atoms with Gasteiger partial charge in [-0.25, -0.2) is 4.39 Å². The van der Waals surface area contributed by atoms with Crippen molar-refractivity contribution in [2.75, 3.05) is 13.1 Å². The second-order valence-electron chi connectivity index (χ2n) is 5.95. The Labute approximate surface area is 135 Å². The molecule has 1 heterocycles. The maximum Gasteiger partial charge on any atom is 0.224 e. The fourth-order valence-corrected chi connectivity index (χ4v) is 2.90. The number of hydrogen-bond donors (Lipinski definition) is 2. The van der Waals surface area contributed by atoms with E-state index in [-0.39, 0.29) is 18.1 Å². The van der Waals surface area contributed by atoms with Crippen LogP contribution in [-0.4, -0.2) is 25.0 Å². The summed E-state index contributed by atoms with van der Waals surface area (Å²) < 4.78 is 14.2. The maximum atomic E-state index is 14.2. The van der Waals surface area contributed by atoms with E-state index in [1.165, 1.54) is 6.07 Å². The second-order valence-corrected chi connectivity index (χ2v) is 5.95. The second kappa shape index (κ2) is 7.38. The van der Waals surface area contributed by atoms with Gasteiger partial charge in [0, 0.05) is 12.6 Å². The Morgan fingerprint density at radius 3 is 2.70 bits per heavy atom. The van der Waals surface area contributed by atoms with Crippen LogP contribution in [0, 0.1) is 5.82 Å². The smallest absolute Gasteiger partial charge is 0.224 e. The summed E-state index contributed by atoms with van der Waals surface area (Å²) in [7, 11) is 0. The average molecular weight is 312 g/mol. The number of nitrogens with one attached hydrogen (secondary N) is 2. The predicted octanol–water partition coefficient (Wildman–Crippen LogP) is 2.90. The van der Waals surface area contributed by atoms with E-state index in [9.17, 15) is 9.18 Å². The summed E-state index contributed by atoms with van der Waals surface area (Å²) in [4.78, 5) is 12.0. The summed E-state index contributed by atoms with van der Waals surface area (Å²) >= 11 is 0. The molecule has 3 nitrogen and oxygen atoms in total. The molecule has 0 aromatic heterocycles. The molecule has 0 radical (unpaired) electrons. The Hall–Kier alpha value is -2.20. The van der Waals surface area contributed by atoms with Crippen molar-refractivity contribution < 1.29 is 9.18 Å². The Kier molecular flexibility index (Phi) is 5.03. The first-order valence-electron chi connectivity index (χ1n) is 8.06. The van der Waals surface area contributed by atoms with Crippen LogP contribution in [0.4, 0.5) is 4.39 Å². The fourth-order valence-electron chi connectivity index (χ4n) is 2.90. The van der Waals surface area contributed by atoms with Gasteiger partial charge in [0.25, 0.3) is 0 Å². The van der Waals surface area contributed by atoms with Gasteiger partial charge in [0.2, 0.25) is 5.91 Å². The minimum atomic E-state index is -0.333. The SMILES string of the molecule is O=C(Cc1ccc(-c2ccccc2)cc1F)NCC1CCCN1. The lowest BCUT2D eigenvalue weighted by molar-refractivity contribution is -0.120. The van der Waals surface area contributed by atoms with Crippen LogP contribution in [0.5, 0.6) is 0 Å². The summed E-state index contributed by atoms with van der Waals surface area (Å²) in [5, 5.41) is 6.20. The monoisotopic (exact) mass is 312 g/mol. The van der Waals surface area contributed by atoms with Crippen molar-refractivity contribution in [3.8, 4) is 11.1 Å². The summed E-state index contributed by atoms with van der Waals surface area (Å²) in [6.07, 6.45) is 2.31. The molecule has 120 valence electrons. The Bertz CT molecular complexity index is 666. The van der Waals surface area contributed by atoms with Gasteiger partial charge in [0.05, 0.1) is 6.42 Å². The van der Waals surface area contributed by atoms with E-state index in [1.54, 1.807) is 6.07 Å². The molecule has 2 aromatic carbocycles. The van der Waals surface area contributed by atoms with Gasteiger partial charge in [-0.2, -0.15) is 0 Å². The summed E-state index contributed by atoms with van der Waals surface area (Å²) in [5.41, 5.74) is 2.22. The lowest BCUT2D eigenvalue weighted by atomic mass is 10.0. The number of benzene rings is 2. The first kappa shape index (κ1) is 15.7. The maximum absolute atomic E-state index is 14.2. The number of hydrogen-bond acceptors (Lipinski definition) is 2. The van der Waals surface area contributed by atoms with E-state index >= 15 is 0 Å². The standard InChI is InChI=1S/C19H21FN2O/c20-18-11-15(14-5-2-1-3-6-14)8-9-16(18)12-19(23)22-13-17-7-4-10-21-17/h1-3,5-6,8-9,11,17,21H,4,7,10,12-13H2,(H,22,23). The van der Waals surface area contributed by atoms with Crippen molar-refractivity contribution in [1.82, 2.24) is 10.6 Å². The van der Waals surface area contributed by atoms with Crippen LogP contribution in [-0.2, 0) is 11.2 Å². The van der Waals surface area contributed by atoms with Crippen molar-refractivity contribution in [3.63, 3.8) is 0 Å². The number of halogens is 1. The van der Waals surface area contributed by atoms with Crippen LogP contribution >= 0.6 is 0 Å². The van der Waals surface area contributed by atoms with E-state index in [0.29, 0.717) is 18.2 Å². The molecule has 1 saturated heterocycles. The molecule has 3 rings (SSSR count). The molecule has 0 spiro atoms. The topological polar surface area (TPSA) is 41.1 Å². The van der Waals surface area contributed by atoms with Crippen molar-refractivity contribution in [3.05, 3.63) is 59.9 Å². The van der Waals surface area contributed by atoms with Gasteiger partial charge in [-0.3, -0.25) is 4.79 Å². The molecule has 0 saturated carbocycles. The van der Waals surface area contributed by atoms with Gasteiger partial charge in [-0.15, -0.1) is 0 Å². The van der Waals surface area contributed by atoms with Crippen LogP contribution in [0.3, 0.4) is 0 Å². The van der Waals surface area contributed by atoms with Crippen molar-refractivity contribution in [2.24, 2.45) is 0 Å². The zero-order valence-electron chi connectivity index (χ0n) is 13.0. The zero-order valence-corrected chi connectivity index (χ0v) is 13.0. The highest BCUT2D eigenvalue weighted by molar-refractivity contribution is 5.79. The molecule has 1 atom stereocenters. The molecule has 1 amide bonds. The van der Waals surface area contributed by atoms with Crippen LogP contribution in [0.2, 0.25) is 0 Å². The number of carbonyl (C=O) groups excluding carboxylic acids is 1. The average Bonchev–Trinajstić information content (AvgIpc) is 3.09. The summed E-state index contributed by atoms with van der Waals surface area (Å²) in [6.45, 7) is 1.62. The number of rotatable bonds is 5. The lowest BCUT2D eigenvalue weighted by Crippen LogP contribution is -2.37. The molecule has 0 bridgehead atoms. The minimum absolute atomic E-state index is 0.0770. The van der Waals surface area contributed by atoms with Gasteiger partial charge in [-0.05, 0) is 42.1 Å². The highest BCUT2D eigenvalue weighted by Crippen LogP contribution is 2.21. The van der Waals surface area contributed by atoms with Crippen LogP contribution in [0.15, 0.2) is 48.5 Å². The van der Waals surface area contributed by atoms with Gasteiger partial charge in [0.15, 0.2) is 0 Å². The van der Waals surface area contributed by atoms with Gasteiger partial charge >= 0.3 is 0 Å². The van der Waals surface area contributed by atoms with Crippen LogP contribution in [0.25, 0.3) is 11.1 Å². The molecule has 23 heavy (non-hydrogen) atoms. The van der Waals surface area contributed by atoms with Crippen LogP contribution < -0.4 is 10.6 Å². The molecule has 1 aliphatic rings. The molecule has 2 aromatic rings. The summed E-state index contributed by atoms with van der Waals surface area (Å²) in [6, 6.07) is 15.1. The van der Waals surface area contributed by atoms with Crippen LogP contribution in [0.1, 0.15) is 18.4 Å². The molecular formula is C19H21FN2O. The Morgan fingerprint density at radius 2 is 2.00 bits per heavy atom. The van der Waals surface area contributed by atoms with E-state index in [0.717, 1.165) is 30.5 Å². The first-order valence-corrected chi connectivity index (χ1v) is 8.06. The van der Waals surface area contributed by atoms with Gasteiger partial charge < -0.3 is 10.6 Å². The van der Waals surface area contributed by atoms with Crippen molar-refractivity contribution >= 4 is 5.91 Å². The Balaban J connectivity index is 1.60. The lowest BCUT2D eigenvalue weighted by Gasteiger charge is -2.12. The van der Waals surface area contributed by atoms with Gasteiger partial charge in [0.1, 0.15) is 5.82 Å². The molecule has 0 aliphatic carbocycles. The number of amides is 1. The number of carbonyl (C=O) groups is 1. The third-order valence-electron chi connectivity index (χ3n) is 4.22. The van der Waals surface area contributed by atoms with Crippen molar-refractivity contribution in [1.29, 1.82) is 0 Å². The highest BCUT2D eigenvalue weighted by atomic mass is 19.1. The molecule has 2 N–H and O–H groups in total. The normalized spacial score (nSPS) is 17.2. The van der Waals surface area contributed by atoms with E-state index in [2.05, 4.69) is 10.6 Å². The predicted molar refractivity (Wildman–Crippen MR) is 89.6 cm³/mol. The molecular weight excluding hydrogens is 291 g/mol. The van der Waals surface area contributed by atoms with E-state index in [4.69, 9.17) is 0 Å². The third kappa shape index (κ3) is 4.17. The highest BCUT2D eigenvalue weighted by Gasteiger charge is 2.15. The van der Waals surface area contributed by atoms with Crippen molar-refractivity contribution in [2.45, 2.75) is 25.3 Å². The third-order valence-corrected chi connectivity index (χ3v) is 4.22. The van der Waals surface area contributed by atoms with E-state index < -0.39 is 0 Å². The molecule has 1 unspecified atom stereocenters. The quantitative estimate of drug-likeness (QED) is 0.891. The zero-order chi connectivity index (χ0) is 16.1. The molecule has 4 heteroatoms. The van der Waals surface area contributed by atoms with E-state index in [1.807, 2.05) is 36.4 Å². The molecule has 1 aliphatic heterocycles. The first-order chi connectivity index (χ1) is 11.2. The summed E-state index contributed by atoms with van der Waals surface area (Å²) in [5.74, 6) is -0.467. The van der Waals surface area contributed by atoms with Gasteiger partial charge in [-0.1, -0.05) is 42.5 Å². The molecule has 1 fully saturated rings. The fraction of sp³-hybridized carbons (Fsp3) is 0.316.